The molecule has 0 aliphatic heterocycles. The molecule has 0 bridgehead atoms. The maximum Gasteiger partial charge on any atom is 0.0485 e. The van der Waals surface area contributed by atoms with Crippen molar-refractivity contribution in [3.63, 3.8) is 0 Å². The first-order chi connectivity index (χ1) is 10.1. The van der Waals surface area contributed by atoms with E-state index in [1.807, 2.05) is 90.1 Å². The molecule has 0 aliphatic carbocycles. The van der Waals surface area contributed by atoms with Crippen molar-refractivity contribution in [2.75, 3.05) is 11.2 Å². The molecule has 0 atom stereocenters. The highest BCUT2D eigenvalue weighted by Crippen LogP contribution is 2.05. The average Bonchev–Trinajstić information content (AvgIpc) is 2.55. The van der Waals surface area contributed by atoms with Crippen LogP contribution < -0.4 is 17.0 Å². The zero-order valence-corrected chi connectivity index (χ0v) is 14.3. The molecule has 0 fully saturated rings. The Bertz CT molecular complexity index is 412. The standard InChI is InChI=1S/C7H10N2.C7H9N.2C2H6/c1-6-2-4-7(9-8)5-3-6;1-6-2-4-7(8)5-3-6;2*1-2/h2-5,9H,8H2,1H3;2-5H,8H2,1H3;2*1-2H3. The fraction of sp³-hybridized carbons (Fsp3) is 0.333. The minimum Gasteiger partial charge on any atom is -0.399 e. The summed E-state index contributed by atoms with van der Waals surface area (Å²) in [7, 11) is 0. The van der Waals surface area contributed by atoms with E-state index in [0.717, 1.165) is 11.4 Å². The first-order valence-corrected chi connectivity index (χ1v) is 7.47. The second kappa shape index (κ2) is 14.4. The quantitative estimate of drug-likeness (QED) is 0.397. The molecule has 0 saturated heterocycles. The van der Waals surface area contributed by atoms with E-state index in [2.05, 4.69) is 5.43 Å². The van der Waals surface area contributed by atoms with Crippen LogP contribution in [0.15, 0.2) is 48.5 Å². The Hall–Kier alpha value is -2.00. The Labute approximate surface area is 130 Å². The van der Waals surface area contributed by atoms with Crippen LogP contribution in [-0.4, -0.2) is 0 Å². The summed E-state index contributed by atoms with van der Waals surface area (Å²) in [6.45, 7) is 12.1. The number of hydrogen-bond donors (Lipinski definition) is 3. The van der Waals surface area contributed by atoms with Gasteiger partial charge in [0.15, 0.2) is 0 Å². The predicted octanol–water partition coefficient (Wildman–Crippen LogP) is 4.91. The summed E-state index contributed by atoms with van der Waals surface area (Å²) >= 11 is 0. The topological polar surface area (TPSA) is 64.1 Å². The van der Waals surface area contributed by atoms with Gasteiger partial charge in [0, 0.05) is 11.4 Å². The van der Waals surface area contributed by atoms with E-state index < -0.39 is 0 Å². The smallest absolute Gasteiger partial charge is 0.0485 e. The molecule has 0 amide bonds. The van der Waals surface area contributed by atoms with Gasteiger partial charge in [-0.25, -0.2) is 0 Å². The van der Waals surface area contributed by atoms with Crippen LogP contribution in [0.3, 0.4) is 0 Å². The molecule has 2 rings (SSSR count). The van der Waals surface area contributed by atoms with Crippen molar-refractivity contribution in [1.82, 2.24) is 0 Å². The van der Waals surface area contributed by atoms with Crippen LogP contribution in [0.4, 0.5) is 11.4 Å². The lowest BCUT2D eigenvalue weighted by molar-refractivity contribution is 1.34. The maximum atomic E-state index is 5.43. The molecule has 118 valence electrons. The Morgan fingerprint density at radius 2 is 1.00 bits per heavy atom. The Morgan fingerprint density at radius 1 is 0.667 bits per heavy atom. The normalized spacial score (nSPS) is 7.95. The van der Waals surface area contributed by atoms with Crippen LogP contribution in [0, 0.1) is 13.8 Å². The Morgan fingerprint density at radius 3 is 1.29 bits per heavy atom. The highest BCUT2D eigenvalue weighted by Gasteiger charge is 1.84. The van der Waals surface area contributed by atoms with Gasteiger partial charge in [0.1, 0.15) is 0 Å². The van der Waals surface area contributed by atoms with E-state index in [-0.39, 0.29) is 0 Å². The average molecular weight is 289 g/mol. The molecule has 0 spiro atoms. The van der Waals surface area contributed by atoms with E-state index >= 15 is 0 Å². The molecule has 3 heteroatoms. The van der Waals surface area contributed by atoms with Gasteiger partial charge < -0.3 is 11.2 Å². The van der Waals surface area contributed by atoms with E-state index in [1.54, 1.807) is 0 Å². The lowest BCUT2D eigenvalue weighted by atomic mass is 10.2. The molecular formula is C18H31N3. The number of nitrogens with one attached hydrogen (secondary N) is 1. The van der Waals surface area contributed by atoms with E-state index in [4.69, 9.17) is 11.6 Å². The largest absolute Gasteiger partial charge is 0.399 e. The summed E-state index contributed by atoms with van der Waals surface area (Å²) in [6.07, 6.45) is 0. The molecule has 0 saturated carbocycles. The van der Waals surface area contributed by atoms with E-state index in [1.165, 1.54) is 11.1 Å². The van der Waals surface area contributed by atoms with Crippen molar-refractivity contribution in [3.05, 3.63) is 59.7 Å². The molecule has 0 aliphatic rings. The van der Waals surface area contributed by atoms with Gasteiger partial charge in [-0.15, -0.1) is 0 Å². The highest BCUT2D eigenvalue weighted by molar-refractivity contribution is 5.42. The number of aryl methyl sites for hydroxylation is 2. The molecule has 0 heterocycles. The molecule has 0 unspecified atom stereocenters. The molecule has 3 nitrogen and oxygen atoms in total. The Balaban J connectivity index is 0. The lowest BCUT2D eigenvalue weighted by Crippen LogP contribution is -2.05. The number of nitrogens with two attached hydrogens (primary N) is 2. The Kier molecular flexibility index (Phi) is 14.6. The van der Waals surface area contributed by atoms with Crippen molar-refractivity contribution in [2.24, 2.45) is 5.84 Å². The van der Waals surface area contributed by atoms with Crippen LogP contribution in [0.1, 0.15) is 38.8 Å². The van der Waals surface area contributed by atoms with Crippen molar-refractivity contribution >= 4 is 11.4 Å². The summed E-state index contributed by atoms with van der Waals surface area (Å²) in [5.41, 5.74) is 12.2. The van der Waals surface area contributed by atoms with Crippen molar-refractivity contribution in [2.45, 2.75) is 41.5 Å². The number of hydrogen-bond acceptors (Lipinski definition) is 3. The van der Waals surface area contributed by atoms with Crippen molar-refractivity contribution in [1.29, 1.82) is 0 Å². The predicted molar refractivity (Wildman–Crippen MR) is 97.3 cm³/mol. The van der Waals surface area contributed by atoms with Crippen LogP contribution in [-0.2, 0) is 0 Å². The zero-order chi connectivity index (χ0) is 16.7. The minimum atomic E-state index is 0.829. The minimum absolute atomic E-state index is 0.829. The number of anilines is 2. The highest BCUT2D eigenvalue weighted by atomic mass is 15.2. The van der Waals surface area contributed by atoms with Gasteiger partial charge in [0.2, 0.25) is 0 Å². The number of nitrogen functional groups attached to an aromatic ring is 2. The summed E-state index contributed by atoms with van der Waals surface area (Å²) in [5.74, 6) is 5.15. The summed E-state index contributed by atoms with van der Waals surface area (Å²) in [5, 5.41) is 0. The van der Waals surface area contributed by atoms with Gasteiger partial charge in [0.25, 0.3) is 0 Å². The van der Waals surface area contributed by atoms with E-state index in [0.29, 0.717) is 0 Å². The zero-order valence-electron chi connectivity index (χ0n) is 14.3. The van der Waals surface area contributed by atoms with Gasteiger partial charge in [-0.3, -0.25) is 5.84 Å². The van der Waals surface area contributed by atoms with Gasteiger partial charge in [0.05, 0.1) is 0 Å². The molecule has 2 aromatic carbocycles. The van der Waals surface area contributed by atoms with Gasteiger partial charge in [-0.05, 0) is 38.1 Å². The van der Waals surface area contributed by atoms with Crippen LogP contribution >= 0.6 is 0 Å². The first kappa shape index (κ1) is 21.3. The number of hydrazine groups is 1. The summed E-state index contributed by atoms with van der Waals surface area (Å²) in [6, 6.07) is 15.7. The second-order valence-corrected chi connectivity index (χ2v) is 3.92. The van der Waals surface area contributed by atoms with Crippen LogP contribution in [0.25, 0.3) is 0 Å². The molecule has 21 heavy (non-hydrogen) atoms. The summed E-state index contributed by atoms with van der Waals surface area (Å²) < 4.78 is 0. The number of benzene rings is 2. The van der Waals surface area contributed by atoms with Crippen molar-refractivity contribution < 1.29 is 0 Å². The van der Waals surface area contributed by atoms with Gasteiger partial charge in [-0.1, -0.05) is 63.1 Å². The number of rotatable bonds is 1. The maximum absolute atomic E-state index is 5.43. The SMILES string of the molecule is CC.CC.Cc1ccc(N)cc1.Cc1ccc(NN)cc1. The summed E-state index contributed by atoms with van der Waals surface area (Å²) in [4.78, 5) is 0. The van der Waals surface area contributed by atoms with Crippen LogP contribution in [0.5, 0.6) is 0 Å². The molecular weight excluding hydrogens is 258 g/mol. The van der Waals surface area contributed by atoms with Gasteiger partial charge in [-0.2, -0.15) is 0 Å². The van der Waals surface area contributed by atoms with E-state index in [9.17, 15) is 0 Å². The molecule has 2 aromatic rings. The molecule has 5 N–H and O–H groups in total. The lowest BCUT2D eigenvalue weighted by Gasteiger charge is -1.97. The van der Waals surface area contributed by atoms with Crippen LogP contribution in [0.2, 0.25) is 0 Å². The third-order valence-corrected chi connectivity index (χ3v) is 2.30. The second-order valence-electron chi connectivity index (χ2n) is 3.92. The molecule has 0 aromatic heterocycles. The monoisotopic (exact) mass is 289 g/mol. The third-order valence-electron chi connectivity index (χ3n) is 2.30. The fourth-order valence-electron chi connectivity index (χ4n) is 1.22. The third kappa shape index (κ3) is 11.5. The molecule has 0 radical (unpaired) electrons. The fourth-order valence-corrected chi connectivity index (χ4v) is 1.22. The van der Waals surface area contributed by atoms with Crippen molar-refractivity contribution in [3.8, 4) is 0 Å². The first-order valence-electron chi connectivity index (χ1n) is 7.47. The van der Waals surface area contributed by atoms with Gasteiger partial charge >= 0.3 is 0 Å².